The molecule has 33 heavy (non-hydrogen) atoms. The Morgan fingerprint density at radius 2 is 2.00 bits per heavy atom. The molecule has 1 saturated heterocycles. The van der Waals surface area contributed by atoms with Crippen molar-refractivity contribution in [3.63, 3.8) is 0 Å². The number of rotatable bonds is 7. The van der Waals surface area contributed by atoms with Gasteiger partial charge in [0.1, 0.15) is 11.9 Å². The average Bonchev–Trinajstić information content (AvgIpc) is 3.28. The number of hydrogen-bond donors (Lipinski definition) is 1. The van der Waals surface area contributed by atoms with Gasteiger partial charge in [-0.05, 0) is 44.4 Å². The molecule has 0 amide bonds. The van der Waals surface area contributed by atoms with Crippen molar-refractivity contribution in [1.29, 1.82) is 10.5 Å². The van der Waals surface area contributed by atoms with Crippen molar-refractivity contribution in [3.8, 4) is 23.6 Å². The van der Waals surface area contributed by atoms with E-state index in [1.807, 2.05) is 6.07 Å². The van der Waals surface area contributed by atoms with Crippen LogP contribution >= 0.6 is 0 Å². The summed E-state index contributed by atoms with van der Waals surface area (Å²) < 4.78 is 10.8. The minimum atomic E-state index is 0.342. The number of methoxy groups -OCH3 is 1. The molecule has 1 aromatic carbocycles. The third-order valence-electron chi connectivity index (χ3n) is 6.03. The summed E-state index contributed by atoms with van der Waals surface area (Å²) in [6.07, 6.45) is 2.93. The Balaban J connectivity index is 1.69. The molecule has 0 spiro atoms. The first-order valence-corrected chi connectivity index (χ1v) is 11.2. The molecule has 3 aromatic rings. The highest BCUT2D eigenvalue weighted by Gasteiger charge is 2.26. The molecule has 1 aliphatic heterocycles. The molecule has 4 rings (SSSR count). The summed E-state index contributed by atoms with van der Waals surface area (Å²) >= 11 is 0. The van der Waals surface area contributed by atoms with Crippen LogP contribution in [0.25, 0.3) is 22.4 Å². The Bertz CT molecular complexity index is 1220. The first-order valence-electron chi connectivity index (χ1n) is 11.2. The molecular weight excluding hydrogens is 418 g/mol. The number of fused-ring (bicyclic) bond motifs is 1. The number of hydrogen-bond acceptors (Lipinski definition) is 9. The van der Waals surface area contributed by atoms with Crippen LogP contribution in [-0.4, -0.2) is 54.0 Å². The van der Waals surface area contributed by atoms with Gasteiger partial charge in [0, 0.05) is 37.7 Å². The van der Waals surface area contributed by atoms with E-state index >= 15 is 0 Å². The number of nitriles is 2. The molecule has 2 aromatic heterocycles. The Morgan fingerprint density at radius 1 is 1.21 bits per heavy atom. The molecule has 1 unspecified atom stereocenters. The number of nitrogens with zero attached hydrogens (tertiary/aromatic N) is 6. The SMILES string of the molecule is CCC(COC)NC1CCN(c2nc3c(C#N)cc(C#N)cc3cc2-c2nc(C)no2)CC1. The van der Waals surface area contributed by atoms with Crippen LogP contribution in [0.15, 0.2) is 22.7 Å². The van der Waals surface area contributed by atoms with Gasteiger partial charge in [0.25, 0.3) is 5.89 Å². The fourth-order valence-electron chi connectivity index (χ4n) is 4.31. The fourth-order valence-corrected chi connectivity index (χ4v) is 4.31. The maximum Gasteiger partial charge on any atom is 0.261 e. The normalized spacial score (nSPS) is 15.4. The zero-order valence-corrected chi connectivity index (χ0v) is 19.1. The highest BCUT2D eigenvalue weighted by Crippen LogP contribution is 2.34. The van der Waals surface area contributed by atoms with E-state index in [-0.39, 0.29) is 0 Å². The van der Waals surface area contributed by atoms with Gasteiger partial charge in [0.05, 0.1) is 34.9 Å². The molecule has 0 saturated carbocycles. The van der Waals surface area contributed by atoms with E-state index < -0.39 is 0 Å². The van der Waals surface area contributed by atoms with Crippen LogP contribution in [-0.2, 0) is 4.74 Å². The third kappa shape index (κ3) is 4.80. The lowest BCUT2D eigenvalue weighted by Gasteiger charge is -2.35. The van der Waals surface area contributed by atoms with Crippen molar-refractivity contribution in [2.24, 2.45) is 0 Å². The lowest BCUT2D eigenvalue weighted by molar-refractivity contribution is 0.155. The molecule has 3 heterocycles. The standard InChI is InChI=1S/C24H27N7O2/c1-4-19(14-32-3)28-20-5-7-31(8-6-20)23-21(24-27-15(2)30-33-24)11-17-9-16(12-25)10-18(13-26)22(17)29-23/h9-11,19-20,28H,4-8,14H2,1-3H3. The van der Waals surface area contributed by atoms with Crippen molar-refractivity contribution in [3.05, 3.63) is 35.2 Å². The van der Waals surface area contributed by atoms with Gasteiger partial charge < -0.3 is 19.5 Å². The van der Waals surface area contributed by atoms with E-state index in [2.05, 4.69) is 39.4 Å². The fraction of sp³-hybridized carbons (Fsp3) is 0.458. The van der Waals surface area contributed by atoms with Gasteiger partial charge in [-0.3, -0.25) is 0 Å². The highest BCUT2D eigenvalue weighted by atomic mass is 16.5. The number of pyridine rings is 1. The number of benzene rings is 1. The lowest BCUT2D eigenvalue weighted by atomic mass is 10.0. The molecule has 0 bridgehead atoms. The van der Waals surface area contributed by atoms with Gasteiger partial charge in [0.15, 0.2) is 5.82 Å². The molecule has 0 radical (unpaired) electrons. The van der Waals surface area contributed by atoms with Crippen molar-refractivity contribution in [1.82, 2.24) is 20.4 Å². The molecule has 1 aliphatic rings. The second kappa shape index (κ2) is 9.95. The molecule has 1 fully saturated rings. The second-order valence-electron chi connectivity index (χ2n) is 8.31. The number of aromatic nitrogens is 3. The number of aryl methyl sites for hydroxylation is 1. The summed E-state index contributed by atoms with van der Waals surface area (Å²) in [6.45, 7) is 6.24. The van der Waals surface area contributed by atoms with Crippen molar-refractivity contribution in [2.45, 2.75) is 45.2 Å². The minimum absolute atomic E-state index is 0.342. The second-order valence-corrected chi connectivity index (χ2v) is 8.31. The molecule has 1 N–H and O–H groups in total. The predicted molar refractivity (Wildman–Crippen MR) is 124 cm³/mol. The Kier molecular flexibility index (Phi) is 6.83. The van der Waals surface area contributed by atoms with Crippen LogP contribution in [0.1, 0.15) is 43.1 Å². The van der Waals surface area contributed by atoms with Gasteiger partial charge in [-0.25, -0.2) is 4.98 Å². The number of ether oxygens (including phenoxy) is 1. The van der Waals surface area contributed by atoms with E-state index in [1.165, 1.54) is 0 Å². The summed E-state index contributed by atoms with van der Waals surface area (Å²) in [5.74, 6) is 1.63. The zero-order chi connectivity index (χ0) is 23.4. The van der Waals surface area contributed by atoms with Crippen LogP contribution in [0.4, 0.5) is 5.82 Å². The third-order valence-corrected chi connectivity index (χ3v) is 6.03. The Hall–Kier alpha value is -3.53. The molecule has 0 aliphatic carbocycles. The van der Waals surface area contributed by atoms with Gasteiger partial charge in [-0.2, -0.15) is 15.5 Å². The van der Waals surface area contributed by atoms with E-state index in [0.29, 0.717) is 58.0 Å². The minimum Gasteiger partial charge on any atom is -0.383 e. The van der Waals surface area contributed by atoms with Crippen LogP contribution in [0.3, 0.4) is 0 Å². The first kappa shape index (κ1) is 22.7. The van der Waals surface area contributed by atoms with Crippen LogP contribution in [0, 0.1) is 29.6 Å². The van der Waals surface area contributed by atoms with Gasteiger partial charge in [-0.1, -0.05) is 12.1 Å². The van der Waals surface area contributed by atoms with E-state index in [1.54, 1.807) is 26.2 Å². The van der Waals surface area contributed by atoms with Crippen molar-refractivity contribution < 1.29 is 9.26 Å². The molecule has 9 nitrogen and oxygen atoms in total. The summed E-state index contributed by atoms with van der Waals surface area (Å²) in [5, 5.41) is 27.4. The molecule has 170 valence electrons. The largest absolute Gasteiger partial charge is 0.383 e. The van der Waals surface area contributed by atoms with Crippen LogP contribution in [0.2, 0.25) is 0 Å². The number of piperidine rings is 1. The quantitative estimate of drug-likeness (QED) is 0.583. The highest BCUT2D eigenvalue weighted by molar-refractivity contribution is 5.92. The molecular formula is C24H27N7O2. The molecule has 1 atom stereocenters. The van der Waals surface area contributed by atoms with E-state index in [0.717, 1.165) is 38.2 Å². The van der Waals surface area contributed by atoms with E-state index in [4.69, 9.17) is 14.2 Å². The predicted octanol–water partition coefficient (Wildman–Crippen LogP) is 3.32. The smallest absolute Gasteiger partial charge is 0.261 e. The first-order chi connectivity index (χ1) is 16.1. The van der Waals surface area contributed by atoms with Crippen molar-refractivity contribution >= 4 is 16.7 Å². The topological polar surface area (TPSA) is 124 Å². The Morgan fingerprint density at radius 3 is 2.61 bits per heavy atom. The number of nitrogens with one attached hydrogen (secondary N) is 1. The Labute approximate surface area is 193 Å². The van der Waals surface area contributed by atoms with Gasteiger partial charge in [-0.15, -0.1) is 0 Å². The van der Waals surface area contributed by atoms with Crippen molar-refractivity contribution in [2.75, 3.05) is 31.7 Å². The van der Waals surface area contributed by atoms with E-state index in [9.17, 15) is 10.5 Å². The summed E-state index contributed by atoms with van der Waals surface area (Å²) in [6, 6.07) is 10.2. The maximum atomic E-state index is 9.66. The summed E-state index contributed by atoms with van der Waals surface area (Å²) in [7, 11) is 1.73. The zero-order valence-electron chi connectivity index (χ0n) is 19.1. The number of anilines is 1. The van der Waals surface area contributed by atoms with Crippen LogP contribution in [0.5, 0.6) is 0 Å². The van der Waals surface area contributed by atoms with Gasteiger partial charge >= 0.3 is 0 Å². The summed E-state index contributed by atoms with van der Waals surface area (Å²) in [4.78, 5) is 11.5. The lowest BCUT2D eigenvalue weighted by Crippen LogP contribution is -2.47. The monoisotopic (exact) mass is 445 g/mol. The van der Waals surface area contributed by atoms with Gasteiger partial charge in [0.2, 0.25) is 0 Å². The molecule has 9 heteroatoms. The average molecular weight is 446 g/mol. The summed E-state index contributed by atoms with van der Waals surface area (Å²) in [5.41, 5.74) is 2.06. The van der Waals surface area contributed by atoms with Crippen LogP contribution < -0.4 is 10.2 Å². The maximum absolute atomic E-state index is 9.66.